The molecule has 0 saturated carbocycles. The molecule has 0 amide bonds. The highest BCUT2D eigenvalue weighted by Gasteiger charge is 2.37. The number of carbonyl (C=O) groups excluding carboxylic acids is 6. The standard InChI is InChI=1S/C28H20Cl4O8.C24H16Cl4O6/c1-13(33)37-25-19(29)7-17(8-20(25)30)27(35)39-23-11-15-5-3-4-6-16(15)12-24(23)40-28(36)18-9-21(31)26(22(32)10-18)38-14(2)34;25-15-5-13(6-16(26)21(15)29)23(31)33-19-9-11-3-1-2-4-12(11)10-20(19)34-24(32)14-7-17(27)22(30)18(28)8-14/h3-10,23-24H,11-12H2,1-2H3;1-8,19-20,29-30H,9-10H2/t23-,24+;19-,20+. The number of halogens is 8. The molecule has 6 aromatic rings. The van der Waals surface area contributed by atoms with E-state index < -0.39 is 60.2 Å². The Hall–Kier alpha value is -5.94. The number of rotatable bonds is 10. The number of fused-ring (bicyclic) bond motifs is 2. The molecule has 384 valence electrons. The summed E-state index contributed by atoms with van der Waals surface area (Å²) in [5.41, 5.74) is 3.83. The van der Waals surface area contributed by atoms with E-state index >= 15 is 0 Å². The van der Waals surface area contributed by atoms with Crippen molar-refractivity contribution < 1.29 is 67.4 Å². The zero-order chi connectivity index (χ0) is 53.7. The van der Waals surface area contributed by atoms with Crippen molar-refractivity contribution in [2.45, 2.75) is 63.9 Å². The van der Waals surface area contributed by atoms with E-state index in [1.165, 1.54) is 62.4 Å². The van der Waals surface area contributed by atoms with Gasteiger partial charge < -0.3 is 38.6 Å². The first-order valence-electron chi connectivity index (χ1n) is 21.7. The summed E-state index contributed by atoms with van der Waals surface area (Å²) in [7, 11) is 0. The maximum absolute atomic E-state index is 13.1. The fraction of sp³-hybridized carbons (Fsp3) is 0.192. The number of esters is 6. The Balaban J connectivity index is 0.000000219. The van der Waals surface area contributed by atoms with Crippen molar-refractivity contribution in [2.24, 2.45) is 0 Å². The van der Waals surface area contributed by atoms with Crippen molar-refractivity contribution in [3.8, 4) is 23.0 Å². The van der Waals surface area contributed by atoms with Crippen LogP contribution in [0.25, 0.3) is 0 Å². The quantitative estimate of drug-likeness (QED) is 0.0746. The van der Waals surface area contributed by atoms with Gasteiger partial charge in [-0.05, 0) is 70.8 Å². The molecule has 0 aromatic heterocycles. The number of hydrogen-bond donors (Lipinski definition) is 2. The number of benzene rings is 6. The summed E-state index contributed by atoms with van der Waals surface area (Å²) in [5, 5.41) is 18.9. The second kappa shape index (κ2) is 24.2. The predicted molar refractivity (Wildman–Crippen MR) is 276 cm³/mol. The molecular formula is C52H36Cl8O14. The van der Waals surface area contributed by atoms with Gasteiger partial charge in [0.05, 0.1) is 62.4 Å². The van der Waals surface area contributed by atoms with Gasteiger partial charge in [0.15, 0.2) is 23.0 Å². The van der Waals surface area contributed by atoms with Gasteiger partial charge in [-0.3, -0.25) is 9.59 Å². The third kappa shape index (κ3) is 13.5. The van der Waals surface area contributed by atoms with E-state index in [-0.39, 0.29) is 98.3 Å². The summed E-state index contributed by atoms with van der Waals surface area (Å²) in [4.78, 5) is 74.6. The molecule has 22 heteroatoms. The molecule has 2 aliphatic rings. The predicted octanol–water partition coefficient (Wildman–Crippen LogP) is 13.0. The third-order valence-electron chi connectivity index (χ3n) is 11.2. The molecule has 2 aliphatic carbocycles. The van der Waals surface area contributed by atoms with Crippen molar-refractivity contribution in [2.75, 3.05) is 0 Å². The van der Waals surface area contributed by atoms with Crippen molar-refractivity contribution in [1.29, 1.82) is 0 Å². The molecule has 6 aromatic carbocycles. The summed E-state index contributed by atoms with van der Waals surface area (Å²) in [6, 6.07) is 25.0. The van der Waals surface area contributed by atoms with Crippen LogP contribution in [0.15, 0.2) is 97.1 Å². The van der Waals surface area contributed by atoms with Crippen LogP contribution in [0.4, 0.5) is 0 Å². The number of phenols is 2. The van der Waals surface area contributed by atoms with Crippen LogP contribution in [-0.2, 0) is 54.2 Å². The maximum atomic E-state index is 13.1. The monoisotopic (exact) mass is 1160 g/mol. The molecule has 0 heterocycles. The van der Waals surface area contributed by atoms with Crippen LogP contribution in [-0.4, -0.2) is 70.4 Å². The lowest BCUT2D eigenvalue weighted by Crippen LogP contribution is -2.41. The lowest BCUT2D eigenvalue weighted by Gasteiger charge is -2.32. The van der Waals surface area contributed by atoms with Gasteiger partial charge in [0.25, 0.3) is 0 Å². The van der Waals surface area contributed by atoms with Crippen LogP contribution in [0, 0.1) is 0 Å². The Bertz CT molecular complexity index is 2930. The molecule has 0 saturated heterocycles. The Labute approximate surface area is 461 Å². The Morgan fingerprint density at radius 2 is 0.581 bits per heavy atom. The zero-order valence-electron chi connectivity index (χ0n) is 38.2. The Kier molecular flexibility index (Phi) is 18.2. The number of carbonyl (C=O) groups is 6. The largest absolute Gasteiger partial charge is 0.505 e. The van der Waals surface area contributed by atoms with Crippen molar-refractivity contribution in [3.63, 3.8) is 0 Å². The van der Waals surface area contributed by atoms with Crippen molar-refractivity contribution in [3.05, 3.63) is 182 Å². The smallest absolute Gasteiger partial charge is 0.338 e. The first kappa shape index (κ1) is 55.8. The van der Waals surface area contributed by atoms with Crippen LogP contribution in [0.2, 0.25) is 40.2 Å². The van der Waals surface area contributed by atoms with E-state index in [0.29, 0.717) is 12.8 Å². The normalized spacial score (nSPS) is 16.5. The molecule has 0 spiro atoms. The SMILES string of the molecule is CC(=O)Oc1c(Cl)cc(C(=O)O[C@H]2Cc3ccccc3C[C@H]2OC(=O)c2cc(Cl)c(OC(C)=O)c(Cl)c2)cc1Cl.O=C(O[C@H]1Cc2ccccc2C[C@H]1OC(=O)c1cc(Cl)c(O)c(Cl)c1)c1cc(Cl)c(O)c(Cl)c1. The highest BCUT2D eigenvalue weighted by molar-refractivity contribution is 6.39. The minimum absolute atomic E-state index is 0.00876. The van der Waals surface area contributed by atoms with E-state index in [1.54, 1.807) is 0 Å². The van der Waals surface area contributed by atoms with E-state index in [4.69, 9.17) is 121 Å². The van der Waals surface area contributed by atoms with E-state index in [9.17, 15) is 39.0 Å². The minimum atomic E-state index is -0.872. The molecule has 0 bridgehead atoms. The molecule has 74 heavy (non-hydrogen) atoms. The highest BCUT2D eigenvalue weighted by Crippen LogP contribution is 2.39. The van der Waals surface area contributed by atoms with Gasteiger partial charge in [0.1, 0.15) is 24.4 Å². The van der Waals surface area contributed by atoms with Crippen molar-refractivity contribution >= 4 is 129 Å². The molecule has 0 unspecified atom stereocenters. The van der Waals surface area contributed by atoms with Gasteiger partial charge in [-0.25, -0.2) is 19.2 Å². The van der Waals surface area contributed by atoms with Gasteiger partial charge in [0.2, 0.25) is 0 Å². The van der Waals surface area contributed by atoms with Crippen LogP contribution in [0.1, 0.15) is 77.5 Å². The second-order valence-electron chi connectivity index (χ2n) is 16.4. The average molecular weight is 1170 g/mol. The van der Waals surface area contributed by atoms with Crippen molar-refractivity contribution in [1.82, 2.24) is 0 Å². The fourth-order valence-electron chi connectivity index (χ4n) is 7.80. The summed E-state index contributed by atoms with van der Waals surface area (Å²) in [6.07, 6.45) is -2.25. The summed E-state index contributed by atoms with van der Waals surface area (Å²) in [6.45, 7) is 2.38. The summed E-state index contributed by atoms with van der Waals surface area (Å²) < 4.78 is 32.9. The molecule has 0 fully saturated rings. The van der Waals surface area contributed by atoms with Gasteiger partial charge in [-0.2, -0.15) is 0 Å². The van der Waals surface area contributed by atoms with Gasteiger partial charge >= 0.3 is 35.8 Å². The zero-order valence-corrected chi connectivity index (χ0v) is 44.2. The van der Waals surface area contributed by atoms with Gasteiger partial charge in [0, 0.05) is 39.5 Å². The number of ether oxygens (including phenoxy) is 6. The van der Waals surface area contributed by atoms with Gasteiger partial charge in [-0.1, -0.05) is 141 Å². The topological polar surface area (TPSA) is 198 Å². The summed E-state index contributed by atoms with van der Waals surface area (Å²) >= 11 is 48.4. The lowest BCUT2D eigenvalue weighted by atomic mass is 9.87. The van der Waals surface area contributed by atoms with Crippen LogP contribution < -0.4 is 9.47 Å². The highest BCUT2D eigenvalue weighted by atomic mass is 35.5. The second-order valence-corrected chi connectivity index (χ2v) is 19.7. The van der Waals surface area contributed by atoms with Crippen LogP contribution >= 0.6 is 92.8 Å². The fourth-order valence-corrected chi connectivity index (χ4v) is 9.90. The molecule has 4 atom stereocenters. The average Bonchev–Trinajstić information content (AvgIpc) is 3.34. The number of hydrogen-bond acceptors (Lipinski definition) is 14. The maximum Gasteiger partial charge on any atom is 0.338 e. The Morgan fingerprint density at radius 1 is 0.378 bits per heavy atom. The van der Waals surface area contributed by atoms with E-state index in [1.807, 2.05) is 48.5 Å². The third-order valence-corrected chi connectivity index (χ3v) is 13.5. The molecule has 14 nitrogen and oxygen atoms in total. The molecule has 0 radical (unpaired) electrons. The minimum Gasteiger partial charge on any atom is -0.505 e. The molecule has 2 N–H and O–H groups in total. The molecule has 0 aliphatic heterocycles. The number of phenolic OH excluding ortho intramolecular Hbond substituents is 2. The van der Waals surface area contributed by atoms with Crippen LogP contribution in [0.3, 0.4) is 0 Å². The molecular weight excluding hydrogens is 1130 g/mol. The first-order valence-corrected chi connectivity index (χ1v) is 24.8. The Morgan fingerprint density at radius 3 is 0.784 bits per heavy atom. The number of aromatic hydroxyl groups is 2. The van der Waals surface area contributed by atoms with Crippen LogP contribution in [0.5, 0.6) is 23.0 Å². The lowest BCUT2D eigenvalue weighted by molar-refractivity contribution is -0.132. The summed E-state index contributed by atoms with van der Waals surface area (Å²) in [5.74, 6) is -5.16. The first-order chi connectivity index (χ1) is 35.1. The van der Waals surface area contributed by atoms with E-state index in [2.05, 4.69) is 0 Å². The van der Waals surface area contributed by atoms with Gasteiger partial charge in [-0.15, -0.1) is 0 Å². The molecule has 8 rings (SSSR count). The van der Waals surface area contributed by atoms with E-state index in [0.717, 1.165) is 22.3 Å².